The van der Waals surface area contributed by atoms with E-state index in [2.05, 4.69) is 20.7 Å². The highest BCUT2D eigenvalue weighted by molar-refractivity contribution is 7.09. The van der Waals surface area contributed by atoms with Crippen LogP contribution in [0.3, 0.4) is 0 Å². The summed E-state index contributed by atoms with van der Waals surface area (Å²) in [6.45, 7) is 8.03. The third-order valence-electron chi connectivity index (χ3n) is 1.47. The third-order valence-corrected chi connectivity index (χ3v) is 3.25. The molecule has 0 spiro atoms. The van der Waals surface area contributed by atoms with Crippen molar-refractivity contribution < 1.29 is 0 Å². The molecule has 0 amide bonds. The largest absolute Gasteiger partial charge is 0.247 e. The Morgan fingerprint density at radius 2 is 1.14 bits per heavy atom. The molecule has 0 aliphatic rings. The minimum atomic E-state index is 1.13. The second-order valence-corrected chi connectivity index (χ2v) is 5.14. The molecule has 0 atom stereocenters. The lowest BCUT2D eigenvalue weighted by Gasteiger charge is -1.71. The second kappa shape index (κ2) is 5.22. The number of thiazole rings is 2. The molecule has 0 aromatic carbocycles. The predicted octanol–water partition coefficient (Wildman–Crippen LogP) is 3.52. The highest BCUT2D eigenvalue weighted by Gasteiger charge is 1.86. The van der Waals surface area contributed by atoms with Gasteiger partial charge in [-0.25, -0.2) is 9.97 Å². The Hall–Kier alpha value is -0.740. The summed E-state index contributed by atoms with van der Waals surface area (Å²) in [6.07, 6.45) is 0. The van der Waals surface area contributed by atoms with Crippen LogP contribution in [-0.4, -0.2) is 9.97 Å². The first kappa shape index (κ1) is 11.3. The SMILES string of the molecule is Cc1csc(C)n1.Cc1csc(C)n1. The normalized spacial score (nSPS) is 9.43. The van der Waals surface area contributed by atoms with Gasteiger partial charge in [0.2, 0.25) is 0 Å². The Kier molecular flexibility index (Phi) is 4.22. The molecule has 14 heavy (non-hydrogen) atoms. The fourth-order valence-electron chi connectivity index (χ4n) is 0.943. The van der Waals surface area contributed by atoms with Gasteiger partial charge in [0.1, 0.15) is 0 Å². The summed E-state index contributed by atoms with van der Waals surface area (Å²) in [5, 5.41) is 6.40. The van der Waals surface area contributed by atoms with Crippen LogP contribution < -0.4 is 0 Å². The molecule has 76 valence electrons. The van der Waals surface area contributed by atoms with Crippen molar-refractivity contribution in [1.82, 2.24) is 9.97 Å². The van der Waals surface area contributed by atoms with Gasteiger partial charge in [-0.1, -0.05) is 0 Å². The van der Waals surface area contributed by atoms with Crippen LogP contribution in [0.25, 0.3) is 0 Å². The molecular weight excluding hydrogens is 212 g/mol. The lowest BCUT2D eigenvalue weighted by Crippen LogP contribution is -1.67. The van der Waals surface area contributed by atoms with Gasteiger partial charge in [0, 0.05) is 22.1 Å². The Balaban J connectivity index is 0.000000140. The number of hydrogen-bond acceptors (Lipinski definition) is 4. The molecule has 0 saturated heterocycles. The van der Waals surface area contributed by atoms with Gasteiger partial charge in [-0.2, -0.15) is 0 Å². The Morgan fingerprint density at radius 1 is 0.786 bits per heavy atom. The molecular formula is C10H14N2S2. The fourth-order valence-corrected chi connectivity index (χ4v) is 2.12. The topological polar surface area (TPSA) is 25.8 Å². The Morgan fingerprint density at radius 3 is 1.21 bits per heavy atom. The maximum absolute atomic E-state index is 4.13. The number of aromatic nitrogens is 2. The molecule has 0 saturated carbocycles. The molecule has 0 bridgehead atoms. The molecule has 2 rings (SSSR count). The second-order valence-electron chi connectivity index (χ2n) is 3.02. The monoisotopic (exact) mass is 226 g/mol. The highest BCUT2D eigenvalue weighted by Crippen LogP contribution is 2.05. The molecule has 0 radical (unpaired) electrons. The Bertz CT molecular complexity index is 319. The maximum Gasteiger partial charge on any atom is 0.0897 e. The van der Waals surface area contributed by atoms with Crippen molar-refractivity contribution >= 4 is 22.7 Å². The van der Waals surface area contributed by atoms with Crippen molar-refractivity contribution in [3.8, 4) is 0 Å². The zero-order valence-electron chi connectivity index (χ0n) is 8.87. The molecule has 2 aromatic heterocycles. The highest BCUT2D eigenvalue weighted by atomic mass is 32.1. The van der Waals surface area contributed by atoms with E-state index in [0.29, 0.717) is 0 Å². The zero-order valence-corrected chi connectivity index (χ0v) is 10.5. The fraction of sp³-hybridized carbons (Fsp3) is 0.400. The van der Waals surface area contributed by atoms with Crippen LogP contribution >= 0.6 is 22.7 Å². The van der Waals surface area contributed by atoms with E-state index in [-0.39, 0.29) is 0 Å². The van der Waals surface area contributed by atoms with Gasteiger partial charge in [0.15, 0.2) is 0 Å². The lowest BCUT2D eigenvalue weighted by molar-refractivity contribution is 1.20. The first-order valence-corrected chi connectivity index (χ1v) is 6.11. The molecule has 2 heterocycles. The zero-order chi connectivity index (χ0) is 10.6. The molecule has 0 fully saturated rings. The van der Waals surface area contributed by atoms with Gasteiger partial charge in [-0.05, 0) is 27.7 Å². The number of hydrogen-bond donors (Lipinski definition) is 0. The van der Waals surface area contributed by atoms with E-state index in [1.807, 2.05) is 27.7 Å². The van der Waals surface area contributed by atoms with Crippen LogP contribution in [0.2, 0.25) is 0 Å². The summed E-state index contributed by atoms with van der Waals surface area (Å²) in [5.74, 6) is 0. The van der Waals surface area contributed by atoms with Gasteiger partial charge in [0.25, 0.3) is 0 Å². The minimum absolute atomic E-state index is 1.13. The standard InChI is InChI=1S/2C5H7NS/c2*1-4-3-7-5(2)6-4/h2*3H,1-2H3. The third kappa shape index (κ3) is 3.98. The van der Waals surface area contributed by atoms with Crippen molar-refractivity contribution in [3.05, 3.63) is 32.2 Å². The molecule has 0 aliphatic carbocycles. The van der Waals surface area contributed by atoms with Crippen molar-refractivity contribution in [2.45, 2.75) is 27.7 Å². The van der Waals surface area contributed by atoms with E-state index in [1.54, 1.807) is 22.7 Å². The van der Waals surface area contributed by atoms with Crippen LogP contribution in [0, 0.1) is 27.7 Å². The maximum atomic E-state index is 4.13. The molecule has 0 aliphatic heterocycles. The van der Waals surface area contributed by atoms with Crippen molar-refractivity contribution in [2.75, 3.05) is 0 Å². The van der Waals surface area contributed by atoms with Crippen molar-refractivity contribution in [1.29, 1.82) is 0 Å². The van der Waals surface area contributed by atoms with Gasteiger partial charge in [-0.3, -0.25) is 0 Å². The first-order chi connectivity index (χ1) is 6.58. The molecule has 0 unspecified atom stereocenters. The summed E-state index contributed by atoms with van der Waals surface area (Å²) < 4.78 is 0. The van der Waals surface area contributed by atoms with E-state index in [1.165, 1.54) is 0 Å². The summed E-state index contributed by atoms with van der Waals surface area (Å²) in [7, 11) is 0. The van der Waals surface area contributed by atoms with Crippen LogP contribution in [0.1, 0.15) is 21.4 Å². The lowest BCUT2D eigenvalue weighted by atomic mass is 10.6. The van der Waals surface area contributed by atoms with Crippen LogP contribution in [0.5, 0.6) is 0 Å². The summed E-state index contributed by atoms with van der Waals surface area (Å²) in [4.78, 5) is 8.26. The van der Waals surface area contributed by atoms with Gasteiger partial charge in [-0.15, -0.1) is 22.7 Å². The summed E-state index contributed by atoms with van der Waals surface area (Å²) in [5.41, 5.74) is 2.25. The van der Waals surface area contributed by atoms with Gasteiger partial charge < -0.3 is 0 Å². The van der Waals surface area contributed by atoms with Crippen molar-refractivity contribution in [2.24, 2.45) is 0 Å². The number of aryl methyl sites for hydroxylation is 4. The van der Waals surface area contributed by atoms with Crippen LogP contribution in [0.4, 0.5) is 0 Å². The van der Waals surface area contributed by atoms with Gasteiger partial charge >= 0.3 is 0 Å². The summed E-state index contributed by atoms with van der Waals surface area (Å²) in [6, 6.07) is 0. The van der Waals surface area contributed by atoms with E-state index in [4.69, 9.17) is 0 Å². The average Bonchev–Trinajstić information content (AvgIpc) is 2.63. The van der Waals surface area contributed by atoms with E-state index < -0.39 is 0 Å². The van der Waals surface area contributed by atoms with E-state index >= 15 is 0 Å². The van der Waals surface area contributed by atoms with Crippen LogP contribution in [-0.2, 0) is 0 Å². The van der Waals surface area contributed by atoms with Crippen molar-refractivity contribution in [3.63, 3.8) is 0 Å². The van der Waals surface area contributed by atoms with E-state index in [9.17, 15) is 0 Å². The molecule has 0 N–H and O–H groups in total. The molecule has 2 aromatic rings. The smallest absolute Gasteiger partial charge is 0.0897 e. The Labute approximate surface area is 92.7 Å². The quantitative estimate of drug-likeness (QED) is 0.687. The average molecular weight is 226 g/mol. The van der Waals surface area contributed by atoms with E-state index in [0.717, 1.165) is 21.4 Å². The number of rotatable bonds is 0. The van der Waals surface area contributed by atoms with Gasteiger partial charge in [0.05, 0.1) is 10.0 Å². The predicted molar refractivity (Wildman–Crippen MR) is 63.2 cm³/mol. The molecule has 2 nitrogen and oxygen atoms in total. The first-order valence-electron chi connectivity index (χ1n) is 4.35. The number of nitrogens with zero attached hydrogens (tertiary/aromatic N) is 2. The van der Waals surface area contributed by atoms with Crippen LogP contribution in [0.15, 0.2) is 10.8 Å². The summed E-state index contributed by atoms with van der Waals surface area (Å²) >= 11 is 3.39. The minimum Gasteiger partial charge on any atom is -0.247 e. The molecule has 4 heteroatoms.